The van der Waals surface area contributed by atoms with Gasteiger partial charge < -0.3 is 10.8 Å². The lowest BCUT2D eigenvalue weighted by molar-refractivity contribution is 0.259. The van der Waals surface area contributed by atoms with E-state index in [1.165, 1.54) is 12.1 Å². The molecule has 1 aromatic carbocycles. The molecule has 6 heteroatoms. The molecule has 1 aromatic heterocycles. The predicted molar refractivity (Wildman–Crippen MR) is 51.0 cm³/mol. The van der Waals surface area contributed by atoms with Crippen LogP contribution in [0.15, 0.2) is 18.2 Å². The quantitative estimate of drug-likeness (QED) is 0.536. The summed E-state index contributed by atoms with van der Waals surface area (Å²) in [6, 6.07) is 3.98. The van der Waals surface area contributed by atoms with Gasteiger partial charge in [-0.25, -0.2) is 4.79 Å². The Kier molecular flexibility index (Phi) is 1.74. The third-order valence-electron chi connectivity index (χ3n) is 1.79. The Morgan fingerprint density at radius 3 is 3.07 bits per heavy atom. The van der Waals surface area contributed by atoms with E-state index in [-0.39, 0.29) is 5.75 Å². The molecule has 0 saturated heterocycles. The van der Waals surface area contributed by atoms with Crippen molar-refractivity contribution in [1.29, 1.82) is 0 Å². The molecule has 0 aliphatic rings. The second-order valence-corrected chi connectivity index (χ2v) is 2.79. The number of aromatic nitrogens is 2. The molecule has 1 heterocycles. The number of hydrogen-bond donors (Lipinski definition) is 4. The number of nitrogens with zero attached hydrogens (tertiary/aromatic N) is 1. The first-order chi connectivity index (χ1) is 6.66. The van der Waals surface area contributed by atoms with Gasteiger partial charge in [-0.2, -0.15) is 5.10 Å². The van der Waals surface area contributed by atoms with E-state index >= 15 is 0 Å². The third-order valence-corrected chi connectivity index (χ3v) is 1.79. The van der Waals surface area contributed by atoms with Crippen molar-refractivity contribution in [2.75, 3.05) is 5.32 Å². The Hall–Kier alpha value is -2.24. The number of urea groups is 1. The van der Waals surface area contributed by atoms with Crippen LogP contribution >= 0.6 is 0 Å². The molecule has 2 amide bonds. The van der Waals surface area contributed by atoms with Gasteiger partial charge in [-0.1, -0.05) is 0 Å². The Bertz CT molecular complexity index is 491. The Morgan fingerprint density at radius 2 is 2.36 bits per heavy atom. The van der Waals surface area contributed by atoms with Crippen molar-refractivity contribution in [3.63, 3.8) is 0 Å². The highest BCUT2D eigenvalue weighted by Crippen LogP contribution is 2.23. The lowest BCUT2D eigenvalue weighted by Gasteiger charge is -1.96. The predicted octanol–water partition coefficient (Wildman–Crippen LogP) is 0.759. The number of hydrogen-bond acceptors (Lipinski definition) is 3. The number of H-pyrrole nitrogens is 1. The fourth-order valence-electron chi connectivity index (χ4n) is 1.22. The SMILES string of the molecule is NC(=O)Nc1n[nH]c2cc(O)ccc12. The number of anilines is 1. The molecule has 0 atom stereocenters. The standard InChI is InChI=1S/C8H8N4O2/c9-8(14)10-7-5-2-1-4(13)3-6(5)11-12-7/h1-3,13H,(H4,9,10,11,12,14). The van der Waals surface area contributed by atoms with E-state index in [1.54, 1.807) is 6.07 Å². The molecule has 0 bridgehead atoms. The van der Waals surface area contributed by atoms with Crippen LogP contribution in [0.5, 0.6) is 5.75 Å². The zero-order valence-corrected chi connectivity index (χ0v) is 7.11. The summed E-state index contributed by atoms with van der Waals surface area (Å²) in [5.41, 5.74) is 5.58. The topological polar surface area (TPSA) is 104 Å². The second kappa shape index (κ2) is 2.91. The van der Waals surface area contributed by atoms with E-state index in [9.17, 15) is 4.79 Å². The third kappa shape index (κ3) is 1.33. The molecular weight excluding hydrogens is 184 g/mol. The van der Waals surface area contributed by atoms with Gasteiger partial charge in [-0.15, -0.1) is 0 Å². The summed E-state index contributed by atoms with van der Waals surface area (Å²) in [6.07, 6.45) is 0. The summed E-state index contributed by atoms with van der Waals surface area (Å²) in [7, 11) is 0. The second-order valence-electron chi connectivity index (χ2n) is 2.79. The maximum Gasteiger partial charge on any atom is 0.317 e. The van der Waals surface area contributed by atoms with Crippen LogP contribution in [0.2, 0.25) is 0 Å². The fraction of sp³-hybridized carbons (Fsp3) is 0. The van der Waals surface area contributed by atoms with Crippen molar-refractivity contribution in [2.45, 2.75) is 0 Å². The molecule has 14 heavy (non-hydrogen) atoms. The van der Waals surface area contributed by atoms with E-state index in [0.717, 1.165) is 0 Å². The smallest absolute Gasteiger partial charge is 0.317 e. The molecule has 0 aliphatic heterocycles. The lowest BCUT2D eigenvalue weighted by atomic mass is 10.2. The van der Waals surface area contributed by atoms with Crippen molar-refractivity contribution in [2.24, 2.45) is 5.73 Å². The van der Waals surface area contributed by atoms with Crippen molar-refractivity contribution < 1.29 is 9.90 Å². The van der Waals surface area contributed by atoms with Gasteiger partial charge in [0, 0.05) is 11.5 Å². The number of primary amides is 1. The monoisotopic (exact) mass is 192 g/mol. The van der Waals surface area contributed by atoms with Gasteiger partial charge in [0.1, 0.15) is 5.75 Å². The van der Waals surface area contributed by atoms with E-state index < -0.39 is 6.03 Å². The van der Waals surface area contributed by atoms with E-state index in [2.05, 4.69) is 15.5 Å². The minimum absolute atomic E-state index is 0.131. The first-order valence-electron chi connectivity index (χ1n) is 3.90. The number of phenolic OH excluding ortho intramolecular Hbond substituents is 1. The molecule has 0 fully saturated rings. The first kappa shape index (κ1) is 8.36. The highest BCUT2D eigenvalue weighted by atomic mass is 16.3. The summed E-state index contributed by atoms with van der Waals surface area (Å²) in [5, 5.41) is 18.7. The summed E-state index contributed by atoms with van der Waals surface area (Å²) in [6.45, 7) is 0. The van der Waals surface area contributed by atoms with Crippen LogP contribution in [0.25, 0.3) is 10.9 Å². The van der Waals surface area contributed by atoms with Gasteiger partial charge in [0.25, 0.3) is 0 Å². The van der Waals surface area contributed by atoms with Gasteiger partial charge in [0.05, 0.1) is 5.52 Å². The number of carbonyl (C=O) groups excluding carboxylic acids is 1. The summed E-state index contributed by atoms with van der Waals surface area (Å²) < 4.78 is 0. The van der Waals surface area contributed by atoms with Crippen LogP contribution in [0.3, 0.4) is 0 Å². The van der Waals surface area contributed by atoms with Crippen LogP contribution in [0.1, 0.15) is 0 Å². The molecule has 6 nitrogen and oxygen atoms in total. The van der Waals surface area contributed by atoms with Crippen molar-refractivity contribution in [1.82, 2.24) is 10.2 Å². The Labute approximate surface area is 78.7 Å². The molecule has 0 radical (unpaired) electrons. The molecule has 0 saturated carbocycles. The number of rotatable bonds is 1. The number of carbonyl (C=O) groups is 1. The Balaban J connectivity index is 2.52. The van der Waals surface area contributed by atoms with Crippen LogP contribution < -0.4 is 11.1 Å². The van der Waals surface area contributed by atoms with Crippen LogP contribution in [0, 0.1) is 0 Å². The summed E-state index contributed by atoms with van der Waals surface area (Å²) >= 11 is 0. The minimum atomic E-state index is -0.675. The summed E-state index contributed by atoms with van der Waals surface area (Å²) in [5.74, 6) is 0.485. The minimum Gasteiger partial charge on any atom is -0.508 e. The highest BCUT2D eigenvalue weighted by molar-refractivity contribution is 5.98. The van der Waals surface area contributed by atoms with E-state index in [1.807, 2.05) is 0 Å². The van der Waals surface area contributed by atoms with Gasteiger partial charge >= 0.3 is 6.03 Å². The van der Waals surface area contributed by atoms with Gasteiger partial charge in [-0.05, 0) is 12.1 Å². The maximum absolute atomic E-state index is 10.6. The number of nitrogens with one attached hydrogen (secondary N) is 2. The average Bonchev–Trinajstić information content (AvgIpc) is 2.47. The van der Waals surface area contributed by atoms with E-state index in [0.29, 0.717) is 16.7 Å². The molecule has 0 unspecified atom stereocenters. The molecule has 0 spiro atoms. The number of phenols is 1. The average molecular weight is 192 g/mol. The van der Waals surface area contributed by atoms with Crippen molar-refractivity contribution in [3.05, 3.63) is 18.2 Å². The number of aromatic amines is 1. The number of nitrogens with two attached hydrogens (primary N) is 1. The number of benzene rings is 1. The van der Waals surface area contributed by atoms with Crippen LogP contribution in [0.4, 0.5) is 10.6 Å². The van der Waals surface area contributed by atoms with Gasteiger partial charge in [0.2, 0.25) is 0 Å². The Morgan fingerprint density at radius 1 is 1.57 bits per heavy atom. The van der Waals surface area contributed by atoms with Crippen molar-refractivity contribution in [3.8, 4) is 5.75 Å². The maximum atomic E-state index is 10.6. The van der Waals surface area contributed by atoms with E-state index in [4.69, 9.17) is 10.8 Å². The van der Waals surface area contributed by atoms with Gasteiger partial charge in [-0.3, -0.25) is 10.4 Å². The lowest BCUT2D eigenvalue weighted by Crippen LogP contribution is -2.19. The molecule has 72 valence electrons. The normalized spacial score (nSPS) is 10.3. The number of amides is 2. The first-order valence-corrected chi connectivity index (χ1v) is 3.90. The molecule has 5 N–H and O–H groups in total. The highest BCUT2D eigenvalue weighted by Gasteiger charge is 2.06. The number of aromatic hydroxyl groups is 1. The largest absolute Gasteiger partial charge is 0.508 e. The zero-order chi connectivity index (χ0) is 10.1. The molecule has 2 rings (SSSR count). The summed E-state index contributed by atoms with van der Waals surface area (Å²) in [4.78, 5) is 10.6. The zero-order valence-electron chi connectivity index (χ0n) is 7.11. The fourth-order valence-corrected chi connectivity index (χ4v) is 1.22. The molecule has 2 aromatic rings. The van der Waals surface area contributed by atoms with Crippen LogP contribution in [-0.4, -0.2) is 21.3 Å². The van der Waals surface area contributed by atoms with Crippen LogP contribution in [-0.2, 0) is 0 Å². The number of fused-ring (bicyclic) bond motifs is 1. The molecular formula is C8H8N4O2. The molecule has 0 aliphatic carbocycles. The van der Waals surface area contributed by atoms with Crippen molar-refractivity contribution >= 4 is 22.8 Å². The van der Waals surface area contributed by atoms with Gasteiger partial charge in [0.15, 0.2) is 5.82 Å².